The van der Waals surface area contributed by atoms with Gasteiger partial charge in [-0.1, -0.05) is 48.5 Å². The second-order valence-corrected chi connectivity index (χ2v) is 5.05. The van der Waals surface area contributed by atoms with Crippen molar-refractivity contribution < 1.29 is 9.53 Å². The highest BCUT2D eigenvalue weighted by Crippen LogP contribution is 2.16. The maximum Gasteiger partial charge on any atom is 0.220 e. The summed E-state index contributed by atoms with van der Waals surface area (Å²) in [4.78, 5) is 12.0. The first-order chi connectivity index (χ1) is 10.8. The molecular formula is C18H22N2O2. The van der Waals surface area contributed by atoms with Gasteiger partial charge in [0.15, 0.2) is 0 Å². The molecule has 4 heteroatoms. The van der Waals surface area contributed by atoms with Crippen molar-refractivity contribution in [3.05, 3.63) is 66.2 Å². The molecule has 1 amide bonds. The largest absolute Gasteiger partial charge is 0.491 e. The number of nitrogens with two attached hydrogens (primary N) is 1. The molecule has 2 aromatic carbocycles. The predicted octanol–water partition coefficient (Wildman–Crippen LogP) is 2.66. The van der Waals surface area contributed by atoms with Crippen LogP contribution in [0, 0.1) is 0 Å². The third kappa shape index (κ3) is 5.22. The molecule has 0 fully saturated rings. The summed E-state index contributed by atoms with van der Waals surface area (Å²) in [5.41, 5.74) is 6.48. The molecule has 116 valence electrons. The number of nitrogens with one attached hydrogen (secondary N) is 1. The molecule has 0 aromatic heterocycles. The zero-order valence-corrected chi connectivity index (χ0v) is 12.6. The fraction of sp³-hybridized carbons (Fsp3) is 0.278. The first kappa shape index (κ1) is 16.0. The molecule has 4 nitrogen and oxygen atoms in total. The van der Waals surface area contributed by atoms with Crippen molar-refractivity contribution >= 4 is 5.91 Å². The van der Waals surface area contributed by atoms with E-state index in [0.717, 1.165) is 11.3 Å². The van der Waals surface area contributed by atoms with Crippen LogP contribution in [0.15, 0.2) is 60.7 Å². The van der Waals surface area contributed by atoms with E-state index >= 15 is 0 Å². The molecule has 2 rings (SSSR count). The van der Waals surface area contributed by atoms with Crippen molar-refractivity contribution in [1.29, 1.82) is 0 Å². The Morgan fingerprint density at radius 1 is 1.05 bits per heavy atom. The lowest BCUT2D eigenvalue weighted by atomic mass is 10.1. The maximum atomic E-state index is 12.0. The molecule has 0 heterocycles. The monoisotopic (exact) mass is 298 g/mol. The Morgan fingerprint density at radius 2 is 1.68 bits per heavy atom. The number of carbonyl (C=O) groups excluding carboxylic acids is 1. The standard InChI is InChI=1S/C18H22N2O2/c19-13-7-12-18(21)20-17(15-8-3-1-4-9-15)14-22-16-10-5-2-6-11-16/h1-6,8-11,17H,7,12-14,19H2,(H,20,21). The number of benzene rings is 2. The van der Waals surface area contributed by atoms with Crippen molar-refractivity contribution in [2.24, 2.45) is 5.73 Å². The van der Waals surface area contributed by atoms with Crippen LogP contribution < -0.4 is 15.8 Å². The average Bonchev–Trinajstić information content (AvgIpc) is 2.58. The molecule has 0 spiro atoms. The smallest absolute Gasteiger partial charge is 0.220 e. The van der Waals surface area contributed by atoms with Crippen LogP contribution in [0.4, 0.5) is 0 Å². The van der Waals surface area contributed by atoms with E-state index in [0.29, 0.717) is 26.0 Å². The third-order valence-electron chi connectivity index (χ3n) is 3.30. The van der Waals surface area contributed by atoms with Gasteiger partial charge in [-0.3, -0.25) is 4.79 Å². The summed E-state index contributed by atoms with van der Waals surface area (Å²) >= 11 is 0. The van der Waals surface area contributed by atoms with Gasteiger partial charge in [-0.25, -0.2) is 0 Å². The van der Waals surface area contributed by atoms with Crippen LogP contribution in [0.25, 0.3) is 0 Å². The van der Waals surface area contributed by atoms with Crippen LogP contribution in [0.2, 0.25) is 0 Å². The average molecular weight is 298 g/mol. The fourth-order valence-corrected chi connectivity index (χ4v) is 2.13. The molecule has 1 atom stereocenters. The van der Waals surface area contributed by atoms with Gasteiger partial charge in [-0.2, -0.15) is 0 Å². The van der Waals surface area contributed by atoms with E-state index in [1.165, 1.54) is 0 Å². The van der Waals surface area contributed by atoms with Gasteiger partial charge in [0, 0.05) is 6.42 Å². The number of carbonyl (C=O) groups is 1. The number of ether oxygens (including phenoxy) is 1. The van der Waals surface area contributed by atoms with Gasteiger partial charge >= 0.3 is 0 Å². The van der Waals surface area contributed by atoms with E-state index in [1.54, 1.807) is 0 Å². The van der Waals surface area contributed by atoms with Gasteiger partial charge in [0.2, 0.25) is 5.91 Å². The maximum absolute atomic E-state index is 12.0. The van der Waals surface area contributed by atoms with Crippen molar-refractivity contribution in [2.75, 3.05) is 13.2 Å². The van der Waals surface area contributed by atoms with Gasteiger partial charge < -0.3 is 15.8 Å². The Hall–Kier alpha value is -2.33. The van der Waals surface area contributed by atoms with Crippen molar-refractivity contribution in [2.45, 2.75) is 18.9 Å². The van der Waals surface area contributed by atoms with E-state index in [9.17, 15) is 4.79 Å². The quantitative estimate of drug-likeness (QED) is 0.787. The van der Waals surface area contributed by atoms with E-state index in [2.05, 4.69) is 5.32 Å². The summed E-state index contributed by atoms with van der Waals surface area (Å²) in [6, 6.07) is 19.3. The first-order valence-electron chi connectivity index (χ1n) is 7.52. The lowest BCUT2D eigenvalue weighted by Crippen LogP contribution is -2.32. The Balaban J connectivity index is 2.00. The highest BCUT2D eigenvalue weighted by Gasteiger charge is 2.15. The summed E-state index contributed by atoms with van der Waals surface area (Å²) in [6.07, 6.45) is 1.12. The minimum absolute atomic E-state index is 0.00374. The molecule has 1 unspecified atom stereocenters. The molecule has 0 bridgehead atoms. The van der Waals surface area contributed by atoms with Gasteiger partial charge in [0.25, 0.3) is 0 Å². The van der Waals surface area contributed by atoms with Crippen molar-refractivity contribution in [1.82, 2.24) is 5.32 Å². The SMILES string of the molecule is NCCCC(=O)NC(COc1ccccc1)c1ccccc1. The summed E-state index contributed by atoms with van der Waals surface area (Å²) in [5, 5.41) is 3.02. The zero-order valence-electron chi connectivity index (χ0n) is 12.6. The Kier molecular flexibility index (Phi) is 6.45. The molecule has 2 aromatic rings. The number of para-hydroxylation sites is 1. The van der Waals surface area contributed by atoms with Crippen LogP contribution in [-0.2, 0) is 4.79 Å². The Morgan fingerprint density at radius 3 is 2.32 bits per heavy atom. The number of hydrogen-bond donors (Lipinski definition) is 2. The van der Waals surface area contributed by atoms with E-state index in [-0.39, 0.29) is 11.9 Å². The normalized spacial score (nSPS) is 11.7. The van der Waals surface area contributed by atoms with Crippen LogP contribution in [0.1, 0.15) is 24.4 Å². The summed E-state index contributed by atoms with van der Waals surface area (Å²) in [7, 11) is 0. The molecule has 0 aliphatic rings. The number of hydrogen-bond acceptors (Lipinski definition) is 3. The van der Waals surface area contributed by atoms with Crippen molar-refractivity contribution in [3.8, 4) is 5.75 Å². The molecular weight excluding hydrogens is 276 g/mol. The summed E-state index contributed by atoms with van der Waals surface area (Å²) < 4.78 is 5.79. The van der Waals surface area contributed by atoms with Crippen LogP contribution in [0.3, 0.4) is 0 Å². The minimum Gasteiger partial charge on any atom is -0.491 e. The van der Waals surface area contributed by atoms with E-state index in [1.807, 2.05) is 60.7 Å². The summed E-state index contributed by atoms with van der Waals surface area (Å²) in [5.74, 6) is 0.788. The molecule has 3 N–H and O–H groups in total. The Labute approximate surface area is 131 Å². The minimum atomic E-state index is -0.174. The molecule has 0 aliphatic carbocycles. The zero-order chi connectivity index (χ0) is 15.6. The van der Waals surface area contributed by atoms with Gasteiger partial charge in [-0.05, 0) is 30.7 Å². The highest BCUT2D eigenvalue weighted by molar-refractivity contribution is 5.76. The Bertz CT molecular complexity index is 558. The lowest BCUT2D eigenvalue weighted by Gasteiger charge is -2.20. The van der Waals surface area contributed by atoms with Gasteiger partial charge in [-0.15, -0.1) is 0 Å². The van der Waals surface area contributed by atoms with Crippen molar-refractivity contribution in [3.63, 3.8) is 0 Å². The van der Waals surface area contributed by atoms with Gasteiger partial charge in [0.05, 0.1) is 6.04 Å². The fourth-order valence-electron chi connectivity index (χ4n) is 2.13. The van der Waals surface area contributed by atoms with Crippen LogP contribution >= 0.6 is 0 Å². The highest BCUT2D eigenvalue weighted by atomic mass is 16.5. The number of rotatable bonds is 8. The third-order valence-corrected chi connectivity index (χ3v) is 3.30. The second kappa shape index (κ2) is 8.85. The van der Waals surface area contributed by atoms with E-state index < -0.39 is 0 Å². The van der Waals surface area contributed by atoms with Crippen LogP contribution in [-0.4, -0.2) is 19.1 Å². The molecule has 0 saturated carbocycles. The van der Waals surface area contributed by atoms with E-state index in [4.69, 9.17) is 10.5 Å². The predicted molar refractivity (Wildman–Crippen MR) is 87.6 cm³/mol. The first-order valence-corrected chi connectivity index (χ1v) is 7.52. The molecule has 22 heavy (non-hydrogen) atoms. The molecule has 0 saturated heterocycles. The number of amides is 1. The molecule has 0 radical (unpaired) electrons. The lowest BCUT2D eigenvalue weighted by molar-refractivity contribution is -0.122. The topological polar surface area (TPSA) is 64.4 Å². The second-order valence-electron chi connectivity index (χ2n) is 5.05. The summed E-state index contributed by atoms with van der Waals surface area (Å²) in [6.45, 7) is 0.909. The molecule has 0 aliphatic heterocycles. The van der Waals surface area contributed by atoms with Crippen LogP contribution in [0.5, 0.6) is 5.75 Å². The van der Waals surface area contributed by atoms with Gasteiger partial charge in [0.1, 0.15) is 12.4 Å².